The summed E-state index contributed by atoms with van der Waals surface area (Å²) in [7, 11) is -2.25. The summed E-state index contributed by atoms with van der Waals surface area (Å²) in [4.78, 5) is 28.6. The number of ether oxygens (including phenoxy) is 2. The summed E-state index contributed by atoms with van der Waals surface area (Å²) in [6, 6.07) is 10.3. The smallest absolute Gasteiger partial charge is 0.309 e. The number of pyridine rings is 1. The lowest BCUT2D eigenvalue weighted by Gasteiger charge is -2.36. The zero-order valence-corrected chi connectivity index (χ0v) is 22.4. The van der Waals surface area contributed by atoms with Gasteiger partial charge in [-0.1, -0.05) is 6.07 Å². The van der Waals surface area contributed by atoms with Gasteiger partial charge in [-0.15, -0.1) is 0 Å². The molecule has 0 N–H and O–H groups in total. The third kappa shape index (κ3) is 5.21. The van der Waals surface area contributed by atoms with Crippen LogP contribution < -0.4 is 9.64 Å². The lowest BCUT2D eigenvalue weighted by Crippen LogP contribution is -2.41. The number of fused-ring (bicyclic) bond motifs is 1. The van der Waals surface area contributed by atoms with Gasteiger partial charge >= 0.3 is 5.97 Å². The molecule has 1 fully saturated rings. The Bertz CT molecular complexity index is 1410. The lowest BCUT2D eigenvalue weighted by molar-refractivity contribution is -0.148. The van der Waals surface area contributed by atoms with Crippen molar-refractivity contribution in [2.45, 2.75) is 37.6 Å². The molecule has 200 valence electrons. The molecule has 2 aliphatic heterocycles. The van der Waals surface area contributed by atoms with Crippen molar-refractivity contribution >= 4 is 21.8 Å². The molecule has 5 rings (SSSR count). The van der Waals surface area contributed by atoms with Gasteiger partial charge in [-0.3, -0.25) is 9.78 Å². The van der Waals surface area contributed by atoms with Crippen molar-refractivity contribution < 1.29 is 22.7 Å². The monoisotopic (exact) mass is 537 g/mol. The molecule has 0 bridgehead atoms. The van der Waals surface area contributed by atoms with Crippen LogP contribution >= 0.6 is 0 Å². The number of sulfonamides is 1. The van der Waals surface area contributed by atoms with E-state index in [-0.39, 0.29) is 23.3 Å². The van der Waals surface area contributed by atoms with Crippen LogP contribution in [-0.4, -0.2) is 67.0 Å². The summed E-state index contributed by atoms with van der Waals surface area (Å²) in [5, 5.41) is 0. The molecule has 1 aromatic carbocycles. The molecular formula is C27H31N5O5S. The number of rotatable bonds is 7. The highest BCUT2D eigenvalue weighted by molar-refractivity contribution is 7.89. The summed E-state index contributed by atoms with van der Waals surface area (Å²) >= 11 is 0. The largest absolute Gasteiger partial charge is 0.497 e. The van der Waals surface area contributed by atoms with E-state index in [9.17, 15) is 13.2 Å². The van der Waals surface area contributed by atoms with E-state index in [1.165, 1.54) is 17.5 Å². The van der Waals surface area contributed by atoms with Crippen LogP contribution in [0.3, 0.4) is 0 Å². The number of piperidine rings is 1. The van der Waals surface area contributed by atoms with Gasteiger partial charge in [0.2, 0.25) is 10.0 Å². The summed E-state index contributed by atoms with van der Waals surface area (Å²) in [5.41, 5.74) is 2.42. The van der Waals surface area contributed by atoms with Crippen molar-refractivity contribution in [1.29, 1.82) is 0 Å². The Morgan fingerprint density at radius 1 is 1.11 bits per heavy atom. The van der Waals surface area contributed by atoms with E-state index < -0.39 is 10.0 Å². The van der Waals surface area contributed by atoms with E-state index in [4.69, 9.17) is 19.4 Å². The van der Waals surface area contributed by atoms with Crippen molar-refractivity contribution in [1.82, 2.24) is 19.3 Å². The van der Waals surface area contributed by atoms with Gasteiger partial charge in [0, 0.05) is 62.2 Å². The Balaban J connectivity index is 1.49. The number of anilines is 1. The SMILES string of the molecule is CCOC(=O)C1CCN(c2nc(-c3cccnc3)nc3c2CN(S(=O)(=O)c2cccc(OC)c2)CC3)CC1. The van der Waals surface area contributed by atoms with Gasteiger partial charge in [-0.2, -0.15) is 4.31 Å². The van der Waals surface area contributed by atoms with Gasteiger partial charge in [-0.05, 0) is 44.0 Å². The highest BCUT2D eigenvalue weighted by Gasteiger charge is 2.34. The second kappa shape index (κ2) is 11.0. The minimum atomic E-state index is -3.77. The first-order chi connectivity index (χ1) is 18.4. The molecule has 1 saturated heterocycles. The van der Waals surface area contributed by atoms with Gasteiger partial charge < -0.3 is 14.4 Å². The molecule has 11 heteroatoms. The van der Waals surface area contributed by atoms with Crippen LogP contribution in [0.2, 0.25) is 0 Å². The minimum absolute atomic E-state index is 0.147. The number of esters is 1. The highest BCUT2D eigenvalue weighted by Crippen LogP contribution is 2.34. The summed E-state index contributed by atoms with van der Waals surface area (Å²) < 4.78 is 39.1. The average molecular weight is 538 g/mol. The fourth-order valence-corrected chi connectivity index (χ4v) is 6.41. The van der Waals surface area contributed by atoms with Crippen molar-refractivity contribution in [3.05, 3.63) is 60.0 Å². The van der Waals surface area contributed by atoms with E-state index in [0.29, 0.717) is 62.9 Å². The number of aromatic nitrogens is 3. The predicted octanol–water partition coefficient (Wildman–Crippen LogP) is 3.07. The lowest BCUT2D eigenvalue weighted by atomic mass is 9.96. The predicted molar refractivity (Wildman–Crippen MR) is 141 cm³/mol. The average Bonchev–Trinajstić information content (AvgIpc) is 2.97. The molecule has 0 atom stereocenters. The van der Waals surface area contributed by atoms with Crippen LogP contribution in [-0.2, 0) is 32.5 Å². The maximum atomic E-state index is 13.6. The Hall–Kier alpha value is -3.57. The second-order valence-electron chi connectivity index (χ2n) is 9.32. The van der Waals surface area contributed by atoms with E-state index >= 15 is 0 Å². The Morgan fingerprint density at radius 3 is 2.63 bits per heavy atom. The fourth-order valence-electron chi connectivity index (χ4n) is 4.96. The van der Waals surface area contributed by atoms with E-state index in [1.807, 2.05) is 19.1 Å². The van der Waals surface area contributed by atoms with Crippen LogP contribution in [0, 0.1) is 5.92 Å². The standard InChI is InChI=1S/C27H31N5O5S/c1-3-37-27(33)19-9-13-31(14-10-19)26-23-18-32(38(34,35)22-8-4-7-21(16-22)36-2)15-11-24(23)29-25(30-26)20-6-5-12-28-17-20/h4-8,12,16-17,19H,3,9-11,13-15,18H2,1-2H3. The van der Waals surface area contributed by atoms with Gasteiger partial charge in [0.05, 0.1) is 30.2 Å². The number of methoxy groups -OCH3 is 1. The number of benzene rings is 1. The Kier molecular flexibility index (Phi) is 7.57. The number of hydrogen-bond acceptors (Lipinski definition) is 9. The summed E-state index contributed by atoms with van der Waals surface area (Å²) in [6.45, 7) is 3.87. The molecule has 0 amide bonds. The minimum Gasteiger partial charge on any atom is -0.497 e. The normalized spacial score (nSPS) is 16.6. The van der Waals surface area contributed by atoms with E-state index in [2.05, 4.69) is 9.88 Å². The van der Waals surface area contributed by atoms with Gasteiger partial charge in [0.1, 0.15) is 11.6 Å². The molecule has 3 aromatic rings. The third-order valence-corrected chi connectivity index (χ3v) is 8.86. The first kappa shape index (κ1) is 26.1. The van der Waals surface area contributed by atoms with Gasteiger partial charge in [-0.25, -0.2) is 18.4 Å². The van der Waals surface area contributed by atoms with E-state index in [1.54, 1.807) is 30.6 Å². The third-order valence-electron chi connectivity index (χ3n) is 7.02. The molecule has 0 aliphatic carbocycles. The molecule has 0 spiro atoms. The molecule has 2 aromatic heterocycles. The number of carbonyl (C=O) groups is 1. The summed E-state index contributed by atoms with van der Waals surface area (Å²) in [6.07, 6.45) is 5.17. The fraction of sp³-hybridized carbons (Fsp3) is 0.407. The van der Waals surface area contributed by atoms with Crippen LogP contribution in [0.1, 0.15) is 31.0 Å². The quantitative estimate of drug-likeness (QED) is 0.419. The maximum absolute atomic E-state index is 13.6. The molecule has 0 saturated carbocycles. The van der Waals surface area contributed by atoms with Crippen molar-refractivity contribution in [3.63, 3.8) is 0 Å². The van der Waals surface area contributed by atoms with Crippen LogP contribution in [0.25, 0.3) is 11.4 Å². The van der Waals surface area contributed by atoms with Crippen LogP contribution in [0.5, 0.6) is 5.75 Å². The Labute approximate surface area is 222 Å². The molecule has 0 radical (unpaired) electrons. The molecule has 2 aliphatic rings. The number of hydrogen-bond donors (Lipinski definition) is 0. The first-order valence-electron chi connectivity index (χ1n) is 12.8. The summed E-state index contributed by atoms with van der Waals surface area (Å²) in [5.74, 6) is 1.44. The van der Waals surface area contributed by atoms with Crippen molar-refractivity contribution in [3.8, 4) is 17.1 Å². The molecule has 10 nitrogen and oxygen atoms in total. The number of nitrogens with zero attached hydrogens (tertiary/aromatic N) is 5. The molecule has 38 heavy (non-hydrogen) atoms. The Morgan fingerprint density at radius 2 is 1.92 bits per heavy atom. The number of carbonyl (C=O) groups excluding carboxylic acids is 1. The maximum Gasteiger partial charge on any atom is 0.309 e. The highest BCUT2D eigenvalue weighted by atomic mass is 32.2. The molecular weight excluding hydrogens is 506 g/mol. The van der Waals surface area contributed by atoms with E-state index in [0.717, 1.165) is 16.8 Å². The topological polar surface area (TPSA) is 115 Å². The van der Waals surface area contributed by atoms with Crippen LogP contribution in [0.15, 0.2) is 53.7 Å². The van der Waals surface area contributed by atoms with Crippen molar-refractivity contribution in [2.75, 3.05) is 38.3 Å². The zero-order valence-electron chi connectivity index (χ0n) is 21.5. The van der Waals surface area contributed by atoms with Crippen LogP contribution in [0.4, 0.5) is 5.82 Å². The molecule has 4 heterocycles. The van der Waals surface area contributed by atoms with Gasteiger partial charge in [0.25, 0.3) is 0 Å². The second-order valence-corrected chi connectivity index (χ2v) is 11.3. The zero-order chi connectivity index (χ0) is 26.7. The first-order valence-corrected chi connectivity index (χ1v) is 14.2. The molecule has 0 unspecified atom stereocenters. The van der Waals surface area contributed by atoms with Gasteiger partial charge in [0.15, 0.2) is 5.82 Å². The van der Waals surface area contributed by atoms with Crippen molar-refractivity contribution in [2.24, 2.45) is 5.92 Å².